The summed E-state index contributed by atoms with van der Waals surface area (Å²) in [5.74, 6) is 0.468. The van der Waals surface area contributed by atoms with Crippen LogP contribution in [0.2, 0.25) is 0 Å². The summed E-state index contributed by atoms with van der Waals surface area (Å²) in [5, 5.41) is 0. The fourth-order valence-electron chi connectivity index (χ4n) is 2.80. The zero-order valence-electron chi connectivity index (χ0n) is 12.4. The maximum Gasteiger partial charge on any atom is 0.240 e. The first-order valence-corrected chi connectivity index (χ1v) is 9.70. The number of hydrogen-bond acceptors (Lipinski definition) is 3. The first-order chi connectivity index (χ1) is 9.94. The zero-order chi connectivity index (χ0) is 15.5. The molecule has 21 heavy (non-hydrogen) atoms. The van der Waals surface area contributed by atoms with Crippen LogP contribution in [-0.2, 0) is 16.6 Å². The lowest BCUT2D eigenvalue weighted by Crippen LogP contribution is -2.31. The van der Waals surface area contributed by atoms with Crippen LogP contribution in [0.5, 0.6) is 0 Å². The highest BCUT2D eigenvalue weighted by Gasteiger charge is 2.21. The molecule has 0 spiro atoms. The second-order valence-corrected chi connectivity index (χ2v) is 8.35. The number of hydrogen-bond donors (Lipinski definition) is 2. The summed E-state index contributed by atoms with van der Waals surface area (Å²) in [6, 6.07) is 3.54. The Morgan fingerprint density at radius 1 is 1.29 bits per heavy atom. The molecular weight excluding hydrogens is 352 g/mol. The molecule has 6 heteroatoms. The Bertz CT molecular complexity index is 596. The second-order valence-electron chi connectivity index (χ2n) is 5.76. The monoisotopic (exact) mass is 374 g/mol. The molecule has 0 amide bonds. The van der Waals surface area contributed by atoms with Crippen molar-refractivity contribution >= 4 is 26.0 Å². The average Bonchev–Trinajstić information content (AvgIpc) is 2.48. The molecule has 0 atom stereocenters. The standard InChI is InChI=1S/C15H23BrN2O2S/c1-11-14(16)7-13(9-17)8-15(11)21(19,20)18-10-12-5-3-2-4-6-12/h7-8,12,18H,2-6,9-10,17H2,1H3. The van der Waals surface area contributed by atoms with E-state index in [2.05, 4.69) is 20.7 Å². The van der Waals surface area contributed by atoms with Crippen LogP contribution in [0.4, 0.5) is 0 Å². The SMILES string of the molecule is Cc1c(Br)cc(CN)cc1S(=O)(=O)NCC1CCCCC1. The lowest BCUT2D eigenvalue weighted by Gasteiger charge is -2.22. The van der Waals surface area contributed by atoms with E-state index in [4.69, 9.17) is 5.73 Å². The molecule has 4 nitrogen and oxygen atoms in total. The fraction of sp³-hybridized carbons (Fsp3) is 0.600. The molecule has 0 saturated heterocycles. The van der Waals surface area contributed by atoms with Gasteiger partial charge in [0.1, 0.15) is 0 Å². The zero-order valence-corrected chi connectivity index (χ0v) is 14.8. The molecule has 0 aromatic heterocycles. The lowest BCUT2D eigenvalue weighted by molar-refractivity contribution is 0.357. The maximum atomic E-state index is 12.5. The van der Waals surface area contributed by atoms with E-state index in [1.165, 1.54) is 19.3 Å². The average molecular weight is 375 g/mol. The predicted octanol–water partition coefficient (Wildman–Crippen LogP) is 3.07. The molecule has 0 radical (unpaired) electrons. The second kappa shape index (κ2) is 7.22. The van der Waals surface area contributed by atoms with E-state index in [9.17, 15) is 8.42 Å². The van der Waals surface area contributed by atoms with Crippen LogP contribution in [0.15, 0.2) is 21.5 Å². The Morgan fingerprint density at radius 3 is 2.57 bits per heavy atom. The van der Waals surface area contributed by atoms with Crippen molar-refractivity contribution in [2.75, 3.05) is 6.54 Å². The van der Waals surface area contributed by atoms with Crippen molar-refractivity contribution in [1.82, 2.24) is 4.72 Å². The number of sulfonamides is 1. The third kappa shape index (κ3) is 4.28. The smallest absolute Gasteiger partial charge is 0.240 e. The largest absolute Gasteiger partial charge is 0.326 e. The molecule has 1 aliphatic rings. The Balaban J connectivity index is 2.16. The number of halogens is 1. The maximum absolute atomic E-state index is 12.5. The molecule has 118 valence electrons. The van der Waals surface area contributed by atoms with Gasteiger partial charge >= 0.3 is 0 Å². The first kappa shape index (κ1) is 16.9. The highest BCUT2D eigenvalue weighted by atomic mass is 79.9. The summed E-state index contributed by atoms with van der Waals surface area (Å²) in [7, 11) is -3.48. The van der Waals surface area contributed by atoms with Gasteiger partial charge in [-0.1, -0.05) is 35.2 Å². The number of benzene rings is 1. The third-order valence-electron chi connectivity index (χ3n) is 4.17. The van der Waals surface area contributed by atoms with Gasteiger partial charge in [-0.25, -0.2) is 13.1 Å². The Hall–Kier alpha value is -0.430. The van der Waals surface area contributed by atoms with Crippen molar-refractivity contribution in [2.24, 2.45) is 11.7 Å². The van der Waals surface area contributed by atoms with E-state index in [1.54, 1.807) is 13.0 Å². The van der Waals surface area contributed by atoms with Crippen LogP contribution in [0.3, 0.4) is 0 Å². The minimum Gasteiger partial charge on any atom is -0.326 e. The van der Waals surface area contributed by atoms with Crippen LogP contribution in [0.1, 0.15) is 43.2 Å². The van der Waals surface area contributed by atoms with E-state index in [0.29, 0.717) is 23.9 Å². The highest BCUT2D eigenvalue weighted by molar-refractivity contribution is 9.10. The predicted molar refractivity (Wildman–Crippen MR) is 88.5 cm³/mol. The van der Waals surface area contributed by atoms with Crippen molar-refractivity contribution in [3.05, 3.63) is 27.7 Å². The van der Waals surface area contributed by atoms with Crippen molar-refractivity contribution in [3.8, 4) is 0 Å². The van der Waals surface area contributed by atoms with Gasteiger partial charge in [0.05, 0.1) is 4.90 Å². The van der Waals surface area contributed by atoms with Crippen molar-refractivity contribution < 1.29 is 8.42 Å². The topological polar surface area (TPSA) is 72.2 Å². The molecule has 1 aromatic carbocycles. The van der Waals surface area contributed by atoms with Gasteiger partial charge < -0.3 is 5.73 Å². The number of rotatable bonds is 5. The summed E-state index contributed by atoms with van der Waals surface area (Å²) < 4.78 is 28.6. The Kier molecular flexibility index (Phi) is 5.82. The van der Waals surface area contributed by atoms with Crippen LogP contribution in [0.25, 0.3) is 0 Å². The third-order valence-corrected chi connectivity index (χ3v) is 6.54. The summed E-state index contributed by atoms with van der Waals surface area (Å²) >= 11 is 3.41. The van der Waals surface area contributed by atoms with Crippen LogP contribution >= 0.6 is 15.9 Å². The molecule has 3 N–H and O–H groups in total. The van der Waals surface area contributed by atoms with Gasteiger partial charge in [0.25, 0.3) is 0 Å². The van der Waals surface area contributed by atoms with E-state index in [-0.39, 0.29) is 0 Å². The summed E-state index contributed by atoms with van der Waals surface area (Å²) in [4.78, 5) is 0.327. The Morgan fingerprint density at radius 2 is 1.95 bits per heavy atom. The van der Waals surface area contributed by atoms with Crippen molar-refractivity contribution in [1.29, 1.82) is 0 Å². The molecule has 0 heterocycles. The Labute approximate surface area is 135 Å². The summed E-state index contributed by atoms with van der Waals surface area (Å²) in [6.45, 7) is 2.66. The minimum atomic E-state index is -3.48. The van der Waals surface area contributed by atoms with E-state index in [1.807, 2.05) is 6.07 Å². The quantitative estimate of drug-likeness (QED) is 0.831. The molecular formula is C15H23BrN2O2S. The van der Waals surface area contributed by atoms with Crippen LogP contribution < -0.4 is 10.5 Å². The van der Waals surface area contributed by atoms with Gasteiger partial charge in [0.2, 0.25) is 10.0 Å². The van der Waals surface area contributed by atoms with Gasteiger partial charge in [-0.2, -0.15) is 0 Å². The van der Waals surface area contributed by atoms with Crippen LogP contribution in [-0.4, -0.2) is 15.0 Å². The van der Waals surface area contributed by atoms with Gasteiger partial charge in [0.15, 0.2) is 0 Å². The minimum absolute atomic E-state index is 0.323. The molecule has 0 bridgehead atoms. The lowest BCUT2D eigenvalue weighted by atomic mass is 9.90. The van der Waals surface area contributed by atoms with Crippen molar-refractivity contribution in [2.45, 2.75) is 50.5 Å². The molecule has 1 fully saturated rings. The molecule has 1 aliphatic carbocycles. The van der Waals surface area contributed by atoms with E-state index in [0.717, 1.165) is 28.4 Å². The van der Waals surface area contributed by atoms with Crippen molar-refractivity contribution in [3.63, 3.8) is 0 Å². The van der Waals surface area contributed by atoms with Gasteiger partial charge in [-0.3, -0.25) is 0 Å². The van der Waals surface area contributed by atoms with Crippen LogP contribution in [0, 0.1) is 12.8 Å². The van der Waals surface area contributed by atoms with Gasteiger partial charge in [-0.05, 0) is 48.9 Å². The summed E-state index contributed by atoms with van der Waals surface area (Å²) in [6.07, 6.45) is 5.93. The first-order valence-electron chi connectivity index (χ1n) is 7.43. The normalized spacial score (nSPS) is 17.1. The molecule has 1 aromatic rings. The molecule has 0 unspecified atom stereocenters. The fourth-order valence-corrected chi connectivity index (χ4v) is 4.87. The molecule has 0 aliphatic heterocycles. The number of nitrogens with one attached hydrogen (secondary N) is 1. The molecule has 2 rings (SSSR count). The highest BCUT2D eigenvalue weighted by Crippen LogP contribution is 2.27. The van der Waals surface area contributed by atoms with Gasteiger partial charge in [-0.15, -0.1) is 0 Å². The van der Waals surface area contributed by atoms with E-state index < -0.39 is 10.0 Å². The molecule has 1 saturated carbocycles. The van der Waals surface area contributed by atoms with Gasteiger partial charge in [0, 0.05) is 17.6 Å². The number of nitrogens with two attached hydrogens (primary N) is 1. The summed E-state index contributed by atoms with van der Waals surface area (Å²) in [5.41, 5.74) is 7.17. The van der Waals surface area contributed by atoms with E-state index >= 15 is 0 Å².